The van der Waals surface area contributed by atoms with Crippen molar-refractivity contribution in [3.63, 3.8) is 0 Å². The first-order valence-corrected chi connectivity index (χ1v) is 8.21. The molecule has 3 rings (SSSR count). The topological polar surface area (TPSA) is 87.3 Å². The van der Waals surface area contributed by atoms with Gasteiger partial charge in [0, 0.05) is 29.4 Å². The molecule has 0 radical (unpaired) electrons. The SMILES string of the molecule is CC(=O)Nc1ccc(C2NC(=O)NC(C)=C2C(=O)c2ccccc2)cc1. The minimum Gasteiger partial charge on any atom is -0.327 e. The van der Waals surface area contributed by atoms with E-state index in [0.717, 1.165) is 5.56 Å². The van der Waals surface area contributed by atoms with Crippen molar-refractivity contribution in [3.05, 3.63) is 77.0 Å². The lowest BCUT2D eigenvalue weighted by Gasteiger charge is -2.28. The van der Waals surface area contributed by atoms with Gasteiger partial charge in [-0.3, -0.25) is 9.59 Å². The first kappa shape index (κ1) is 17.4. The Labute approximate surface area is 151 Å². The molecule has 0 aromatic heterocycles. The van der Waals surface area contributed by atoms with E-state index in [4.69, 9.17) is 0 Å². The molecule has 1 unspecified atom stereocenters. The van der Waals surface area contributed by atoms with Crippen LogP contribution >= 0.6 is 0 Å². The Kier molecular flexibility index (Phi) is 4.84. The lowest BCUT2D eigenvalue weighted by Crippen LogP contribution is -2.45. The molecule has 3 N–H and O–H groups in total. The van der Waals surface area contributed by atoms with Crippen LogP contribution in [-0.2, 0) is 4.79 Å². The number of benzene rings is 2. The van der Waals surface area contributed by atoms with Crippen LogP contribution in [0.15, 0.2) is 65.9 Å². The monoisotopic (exact) mass is 349 g/mol. The van der Waals surface area contributed by atoms with Crippen molar-refractivity contribution < 1.29 is 14.4 Å². The van der Waals surface area contributed by atoms with Gasteiger partial charge in [0.1, 0.15) is 0 Å². The Bertz CT molecular complexity index is 886. The maximum atomic E-state index is 13.0. The number of anilines is 1. The van der Waals surface area contributed by atoms with Crippen molar-refractivity contribution in [1.29, 1.82) is 0 Å². The molecule has 1 aliphatic heterocycles. The van der Waals surface area contributed by atoms with Crippen LogP contribution in [-0.4, -0.2) is 17.7 Å². The standard InChI is InChI=1S/C20H19N3O3/c1-12-17(19(25)15-6-4-3-5-7-15)18(23-20(26)21-12)14-8-10-16(11-9-14)22-13(2)24/h3-11,18H,1-2H3,(H,22,24)(H2,21,23,26). The molecule has 0 spiro atoms. The summed E-state index contributed by atoms with van der Waals surface area (Å²) in [4.78, 5) is 36.1. The lowest BCUT2D eigenvalue weighted by atomic mass is 9.89. The summed E-state index contributed by atoms with van der Waals surface area (Å²) in [6.45, 7) is 3.15. The molecule has 1 aliphatic rings. The van der Waals surface area contributed by atoms with Crippen molar-refractivity contribution >= 4 is 23.4 Å². The van der Waals surface area contributed by atoms with Gasteiger partial charge in [-0.25, -0.2) is 4.79 Å². The van der Waals surface area contributed by atoms with Crippen molar-refractivity contribution in [3.8, 4) is 0 Å². The Balaban J connectivity index is 1.98. The van der Waals surface area contributed by atoms with Gasteiger partial charge in [-0.15, -0.1) is 0 Å². The molecule has 0 saturated carbocycles. The van der Waals surface area contributed by atoms with Crippen LogP contribution in [0.25, 0.3) is 0 Å². The molecule has 2 aromatic carbocycles. The summed E-state index contributed by atoms with van der Waals surface area (Å²) in [5.41, 5.74) is 2.98. The maximum absolute atomic E-state index is 13.0. The Morgan fingerprint density at radius 3 is 2.27 bits per heavy atom. The predicted molar refractivity (Wildman–Crippen MR) is 98.6 cm³/mol. The Hall–Kier alpha value is -3.41. The highest BCUT2D eigenvalue weighted by Crippen LogP contribution is 2.30. The number of rotatable bonds is 4. The molecule has 1 heterocycles. The fourth-order valence-electron chi connectivity index (χ4n) is 2.95. The summed E-state index contributed by atoms with van der Waals surface area (Å²) in [5, 5.41) is 8.17. The second-order valence-electron chi connectivity index (χ2n) is 6.07. The molecule has 26 heavy (non-hydrogen) atoms. The van der Waals surface area contributed by atoms with Gasteiger partial charge in [-0.05, 0) is 24.6 Å². The molecule has 0 saturated heterocycles. The van der Waals surface area contributed by atoms with E-state index < -0.39 is 6.04 Å². The molecule has 1 atom stereocenters. The average Bonchev–Trinajstić information content (AvgIpc) is 2.61. The fourth-order valence-corrected chi connectivity index (χ4v) is 2.95. The Morgan fingerprint density at radius 2 is 1.65 bits per heavy atom. The van der Waals surface area contributed by atoms with Crippen molar-refractivity contribution in [1.82, 2.24) is 10.6 Å². The van der Waals surface area contributed by atoms with E-state index >= 15 is 0 Å². The van der Waals surface area contributed by atoms with Crippen LogP contribution in [0.4, 0.5) is 10.5 Å². The zero-order valence-corrected chi connectivity index (χ0v) is 14.5. The van der Waals surface area contributed by atoms with E-state index in [1.165, 1.54) is 6.92 Å². The number of carbonyl (C=O) groups excluding carboxylic acids is 3. The number of urea groups is 1. The number of allylic oxidation sites excluding steroid dienone is 1. The zero-order valence-electron chi connectivity index (χ0n) is 14.5. The molecular formula is C20H19N3O3. The second-order valence-corrected chi connectivity index (χ2v) is 6.07. The number of hydrogen-bond acceptors (Lipinski definition) is 3. The van der Waals surface area contributed by atoms with Crippen LogP contribution in [0, 0.1) is 0 Å². The fraction of sp³-hybridized carbons (Fsp3) is 0.150. The van der Waals surface area contributed by atoms with Crippen molar-refractivity contribution in [2.45, 2.75) is 19.9 Å². The summed E-state index contributed by atoms with van der Waals surface area (Å²) in [7, 11) is 0. The average molecular weight is 349 g/mol. The van der Waals surface area contributed by atoms with Gasteiger partial charge in [0.05, 0.1) is 6.04 Å². The van der Waals surface area contributed by atoms with Gasteiger partial charge < -0.3 is 16.0 Å². The smallest absolute Gasteiger partial charge is 0.319 e. The molecule has 6 nitrogen and oxygen atoms in total. The summed E-state index contributed by atoms with van der Waals surface area (Å²) >= 11 is 0. The van der Waals surface area contributed by atoms with Gasteiger partial charge >= 0.3 is 6.03 Å². The van der Waals surface area contributed by atoms with Gasteiger partial charge in [0.15, 0.2) is 5.78 Å². The van der Waals surface area contributed by atoms with E-state index in [2.05, 4.69) is 16.0 Å². The third-order valence-corrected chi connectivity index (χ3v) is 4.11. The van der Waals surface area contributed by atoms with E-state index in [1.54, 1.807) is 55.5 Å². The number of nitrogens with one attached hydrogen (secondary N) is 3. The number of carbonyl (C=O) groups is 3. The van der Waals surface area contributed by atoms with Crippen LogP contribution in [0.1, 0.15) is 35.8 Å². The van der Waals surface area contributed by atoms with Gasteiger partial charge in [0.25, 0.3) is 0 Å². The molecule has 0 bridgehead atoms. The van der Waals surface area contributed by atoms with Crippen LogP contribution in [0.2, 0.25) is 0 Å². The normalized spacial score (nSPS) is 16.5. The lowest BCUT2D eigenvalue weighted by molar-refractivity contribution is -0.114. The number of Topliss-reactive ketones (excluding diaryl/α,β-unsaturated/α-hetero) is 1. The number of ketones is 1. The molecule has 3 amide bonds. The van der Waals surface area contributed by atoms with E-state index in [0.29, 0.717) is 22.5 Å². The highest BCUT2D eigenvalue weighted by atomic mass is 16.2. The third-order valence-electron chi connectivity index (χ3n) is 4.11. The largest absolute Gasteiger partial charge is 0.327 e. The van der Waals surface area contributed by atoms with E-state index in [-0.39, 0.29) is 17.7 Å². The summed E-state index contributed by atoms with van der Waals surface area (Å²) in [5.74, 6) is -0.310. The second kappa shape index (κ2) is 7.23. The zero-order chi connectivity index (χ0) is 18.7. The van der Waals surface area contributed by atoms with Crippen LogP contribution < -0.4 is 16.0 Å². The molecule has 132 valence electrons. The predicted octanol–water partition coefficient (Wildman–Crippen LogP) is 3.16. The van der Waals surface area contributed by atoms with E-state index in [9.17, 15) is 14.4 Å². The van der Waals surface area contributed by atoms with Crippen molar-refractivity contribution in [2.24, 2.45) is 0 Å². The molecule has 6 heteroatoms. The summed E-state index contributed by atoms with van der Waals surface area (Å²) in [6.07, 6.45) is 0. The molecule has 0 aliphatic carbocycles. The van der Waals surface area contributed by atoms with Gasteiger partial charge in [-0.1, -0.05) is 42.5 Å². The molecule has 2 aromatic rings. The van der Waals surface area contributed by atoms with Gasteiger partial charge in [0.2, 0.25) is 5.91 Å². The van der Waals surface area contributed by atoms with Crippen LogP contribution in [0.5, 0.6) is 0 Å². The minimum absolute atomic E-state index is 0.147. The number of amides is 3. The summed E-state index contributed by atoms with van der Waals surface area (Å²) in [6, 6.07) is 15.1. The number of hydrogen-bond donors (Lipinski definition) is 3. The molecule has 0 fully saturated rings. The van der Waals surface area contributed by atoms with Crippen molar-refractivity contribution in [2.75, 3.05) is 5.32 Å². The van der Waals surface area contributed by atoms with Crippen LogP contribution in [0.3, 0.4) is 0 Å². The Morgan fingerprint density at radius 1 is 1.00 bits per heavy atom. The first-order chi connectivity index (χ1) is 12.5. The molecular weight excluding hydrogens is 330 g/mol. The van der Waals surface area contributed by atoms with Gasteiger partial charge in [-0.2, -0.15) is 0 Å². The highest BCUT2D eigenvalue weighted by Gasteiger charge is 2.31. The van der Waals surface area contributed by atoms with E-state index in [1.807, 2.05) is 6.07 Å². The maximum Gasteiger partial charge on any atom is 0.319 e. The first-order valence-electron chi connectivity index (χ1n) is 8.21. The quantitative estimate of drug-likeness (QED) is 0.741. The summed E-state index contributed by atoms with van der Waals surface area (Å²) < 4.78 is 0. The third kappa shape index (κ3) is 3.64. The highest BCUT2D eigenvalue weighted by molar-refractivity contribution is 6.11. The minimum atomic E-state index is -0.567.